The van der Waals surface area contributed by atoms with Crippen LogP contribution in [-0.2, 0) is 11.3 Å². The third-order valence-electron chi connectivity index (χ3n) is 2.84. The van der Waals surface area contributed by atoms with Gasteiger partial charge >= 0.3 is 5.97 Å². The Morgan fingerprint density at radius 1 is 1.39 bits per heavy atom. The second-order valence-electron chi connectivity index (χ2n) is 4.30. The Morgan fingerprint density at radius 3 is 2.61 bits per heavy atom. The topological polar surface area (TPSA) is 86.8 Å². The van der Waals surface area contributed by atoms with Gasteiger partial charge in [-0.05, 0) is 20.3 Å². The van der Waals surface area contributed by atoms with Crippen LogP contribution in [-0.4, -0.2) is 45.9 Å². The second-order valence-corrected chi connectivity index (χ2v) is 4.30. The molecule has 1 aromatic heterocycles. The van der Waals surface area contributed by atoms with E-state index in [2.05, 4.69) is 5.16 Å². The molecule has 1 aromatic rings. The van der Waals surface area contributed by atoms with E-state index in [-0.39, 0.29) is 13.0 Å². The van der Waals surface area contributed by atoms with Gasteiger partial charge in [-0.15, -0.1) is 0 Å². The SMILES string of the molecule is Cc1noc(C)c1CN(CCCO)CCC(=O)O. The maximum absolute atomic E-state index is 10.6. The van der Waals surface area contributed by atoms with Crippen LogP contribution in [0.3, 0.4) is 0 Å². The summed E-state index contributed by atoms with van der Waals surface area (Å²) in [5.41, 5.74) is 1.83. The van der Waals surface area contributed by atoms with Crippen molar-refractivity contribution in [3.05, 3.63) is 17.0 Å². The summed E-state index contributed by atoms with van der Waals surface area (Å²) in [5, 5.41) is 21.4. The van der Waals surface area contributed by atoms with Crippen molar-refractivity contribution >= 4 is 5.97 Å². The van der Waals surface area contributed by atoms with Gasteiger partial charge in [0.2, 0.25) is 0 Å². The van der Waals surface area contributed by atoms with Crippen molar-refractivity contribution in [3.8, 4) is 0 Å². The zero-order chi connectivity index (χ0) is 13.5. The number of carboxylic acids is 1. The third kappa shape index (κ3) is 4.46. The molecule has 6 nitrogen and oxygen atoms in total. The third-order valence-corrected chi connectivity index (χ3v) is 2.84. The van der Waals surface area contributed by atoms with Crippen molar-refractivity contribution in [2.45, 2.75) is 33.2 Å². The number of carbonyl (C=O) groups is 1. The molecule has 1 rings (SSSR count). The van der Waals surface area contributed by atoms with Gasteiger partial charge in [0.25, 0.3) is 0 Å². The van der Waals surface area contributed by atoms with E-state index in [1.54, 1.807) is 0 Å². The molecule has 0 saturated carbocycles. The van der Waals surface area contributed by atoms with Crippen LogP contribution in [0.15, 0.2) is 4.52 Å². The number of aliphatic carboxylic acids is 1. The van der Waals surface area contributed by atoms with Crippen molar-refractivity contribution in [2.24, 2.45) is 0 Å². The van der Waals surface area contributed by atoms with E-state index < -0.39 is 5.97 Å². The summed E-state index contributed by atoms with van der Waals surface area (Å²) in [7, 11) is 0. The zero-order valence-corrected chi connectivity index (χ0v) is 10.8. The molecule has 2 N–H and O–H groups in total. The molecule has 0 saturated heterocycles. The van der Waals surface area contributed by atoms with E-state index in [4.69, 9.17) is 14.7 Å². The van der Waals surface area contributed by atoms with Crippen molar-refractivity contribution in [2.75, 3.05) is 19.7 Å². The summed E-state index contributed by atoms with van der Waals surface area (Å²) in [6.45, 7) is 5.54. The number of carboxylic acid groups (broad SMARTS) is 1. The molecule has 0 fully saturated rings. The Hall–Kier alpha value is -1.40. The molecule has 18 heavy (non-hydrogen) atoms. The summed E-state index contributed by atoms with van der Waals surface area (Å²) in [5.74, 6) is -0.0559. The van der Waals surface area contributed by atoms with E-state index in [0.29, 0.717) is 26.1 Å². The number of aromatic nitrogens is 1. The average Bonchev–Trinajstić information content (AvgIpc) is 2.63. The van der Waals surface area contributed by atoms with Gasteiger partial charge in [0, 0.05) is 31.8 Å². The molecule has 0 aliphatic heterocycles. The first-order valence-corrected chi connectivity index (χ1v) is 6.01. The number of nitrogens with zero attached hydrogens (tertiary/aromatic N) is 2. The van der Waals surface area contributed by atoms with Crippen LogP contribution in [0.5, 0.6) is 0 Å². The Kier molecular flexibility index (Phi) is 5.80. The largest absolute Gasteiger partial charge is 0.481 e. The quantitative estimate of drug-likeness (QED) is 0.720. The molecule has 0 aliphatic carbocycles. The first kappa shape index (κ1) is 14.7. The number of rotatable bonds is 8. The maximum atomic E-state index is 10.6. The lowest BCUT2D eigenvalue weighted by atomic mass is 10.2. The zero-order valence-electron chi connectivity index (χ0n) is 10.8. The van der Waals surface area contributed by atoms with Gasteiger partial charge in [0.05, 0.1) is 12.1 Å². The van der Waals surface area contributed by atoms with Gasteiger partial charge in [-0.3, -0.25) is 9.69 Å². The standard InChI is InChI=1S/C12H20N2O4/c1-9-11(10(2)18-13-9)8-14(5-3-7-15)6-4-12(16)17/h15H,3-8H2,1-2H3,(H,16,17). The summed E-state index contributed by atoms with van der Waals surface area (Å²) in [4.78, 5) is 12.6. The Morgan fingerprint density at radius 2 is 2.11 bits per heavy atom. The summed E-state index contributed by atoms with van der Waals surface area (Å²) < 4.78 is 5.08. The molecule has 0 unspecified atom stereocenters. The molecule has 0 amide bonds. The summed E-state index contributed by atoms with van der Waals surface area (Å²) >= 11 is 0. The van der Waals surface area contributed by atoms with Crippen LogP contribution in [0.4, 0.5) is 0 Å². The van der Waals surface area contributed by atoms with Crippen molar-refractivity contribution in [1.82, 2.24) is 10.1 Å². The fraction of sp³-hybridized carbons (Fsp3) is 0.667. The molecule has 102 valence electrons. The number of aliphatic hydroxyl groups excluding tert-OH is 1. The van der Waals surface area contributed by atoms with Crippen LogP contribution in [0.25, 0.3) is 0 Å². The molecule has 0 atom stereocenters. The van der Waals surface area contributed by atoms with Crippen LogP contribution in [0.2, 0.25) is 0 Å². The predicted octanol–water partition coefficient (Wildman–Crippen LogP) is 0.951. The van der Waals surface area contributed by atoms with Gasteiger partial charge < -0.3 is 14.7 Å². The van der Waals surface area contributed by atoms with Gasteiger partial charge in [-0.25, -0.2) is 0 Å². The second kappa shape index (κ2) is 7.13. The molecule has 0 radical (unpaired) electrons. The first-order chi connectivity index (χ1) is 8.54. The van der Waals surface area contributed by atoms with Gasteiger partial charge in [-0.1, -0.05) is 5.16 Å². The Balaban J connectivity index is 2.62. The van der Waals surface area contributed by atoms with Crippen LogP contribution < -0.4 is 0 Å². The molecule has 0 aliphatic rings. The molecule has 6 heteroatoms. The number of hydrogen-bond acceptors (Lipinski definition) is 5. The molecule has 0 bridgehead atoms. The molecule has 1 heterocycles. The fourth-order valence-corrected chi connectivity index (χ4v) is 1.77. The van der Waals surface area contributed by atoms with Crippen molar-refractivity contribution in [1.29, 1.82) is 0 Å². The monoisotopic (exact) mass is 256 g/mol. The predicted molar refractivity (Wildman–Crippen MR) is 65.2 cm³/mol. The van der Waals surface area contributed by atoms with E-state index in [9.17, 15) is 4.79 Å². The van der Waals surface area contributed by atoms with Crippen molar-refractivity contribution < 1.29 is 19.5 Å². The molecular weight excluding hydrogens is 236 g/mol. The molecule has 0 aromatic carbocycles. The lowest BCUT2D eigenvalue weighted by Gasteiger charge is -2.20. The highest BCUT2D eigenvalue weighted by Gasteiger charge is 2.14. The van der Waals surface area contributed by atoms with Crippen LogP contribution in [0, 0.1) is 13.8 Å². The van der Waals surface area contributed by atoms with Gasteiger partial charge in [0.1, 0.15) is 5.76 Å². The first-order valence-electron chi connectivity index (χ1n) is 6.01. The lowest BCUT2D eigenvalue weighted by molar-refractivity contribution is -0.137. The van der Waals surface area contributed by atoms with Gasteiger partial charge in [0.15, 0.2) is 0 Å². The normalized spacial score (nSPS) is 11.1. The van der Waals surface area contributed by atoms with Crippen molar-refractivity contribution in [3.63, 3.8) is 0 Å². The number of aryl methyl sites for hydroxylation is 2. The maximum Gasteiger partial charge on any atom is 0.304 e. The van der Waals surface area contributed by atoms with E-state index in [1.165, 1.54) is 0 Å². The highest BCUT2D eigenvalue weighted by Crippen LogP contribution is 2.15. The van der Waals surface area contributed by atoms with Gasteiger partial charge in [-0.2, -0.15) is 0 Å². The minimum absolute atomic E-state index is 0.0921. The highest BCUT2D eigenvalue weighted by atomic mass is 16.5. The van der Waals surface area contributed by atoms with Crippen LogP contribution >= 0.6 is 0 Å². The number of hydrogen-bond donors (Lipinski definition) is 2. The molecular formula is C12H20N2O4. The summed E-state index contributed by atoms with van der Waals surface area (Å²) in [6.07, 6.45) is 0.720. The van der Waals surface area contributed by atoms with E-state index >= 15 is 0 Å². The lowest BCUT2D eigenvalue weighted by Crippen LogP contribution is -2.28. The van der Waals surface area contributed by atoms with E-state index in [1.807, 2.05) is 18.7 Å². The minimum Gasteiger partial charge on any atom is -0.481 e. The highest BCUT2D eigenvalue weighted by molar-refractivity contribution is 5.66. The Bertz CT molecular complexity index is 370. The summed E-state index contributed by atoms with van der Waals surface area (Å²) in [6, 6.07) is 0. The van der Waals surface area contributed by atoms with Crippen LogP contribution in [0.1, 0.15) is 29.9 Å². The Labute approximate surface area is 106 Å². The fourth-order valence-electron chi connectivity index (χ4n) is 1.77. The average molecular weight is 256 g/mol. The minimum atomic E-state index is -0.817. The smallest absolute Gasteiger partial charge is 0.304 e. The van der Waals surface area contributed by atoms with E-state index in [0.717, 1.165) is 17.0 Å². The molecule has 0 spiro atoms. The number of aliphatic hydroxyl groups is 1.